The van der Waals surface area contributed by atoms with Crippen molar-refractivity contribution in [2.45, 2.75) is 40.2 Å². The van der Waals surface area contributed by atoms with Crippen molar-refractivity contribution in [2.24, 2.45) is 5.92 Å². The Balaban J connectivity index is 2.44. The summed E-state index contributed by atoms with van der Waals surface area (Å²) in [6, 6.07) is 4.70. The first kappa shape index (κ1) is 21.5. The molecule has 7 nitrogen and oxygen atoms in total. The topological polar surface area (TPSA) is 90.9 Å². The maximum absolute atomic E-state index is 11.9. The molecule has 0 aliphatic heterocycles. The second-order valence-electron chi connectivity index (χ2n) is 6.15. The highest BCUT2D eigenvalue weighted by Crippen LogP contribution is 2.16. The summed E-state index contributed by atoms with van der Waals surface area (Å²) < 4.78 is 14.9. The Hall–Kier alpha value is -2.57. The maximum Gasteiger partial charge on any atom is 0.344 e. The lowest BCUT2D eigenvalue weighted by Crippen LogP contribution is -2.47. The molecule has 144 valence electrons. The molecule has 0 heterocycles. The van der Waals surface area contributed by atoms with Crippen LogP contribution in [0.5, 0.6) is 5.75 Å². The van der Waals surface area contributed by atoms with Crippen molar-refractivity contribution in [3.8, 4) is 5.75 Å². The smallest absolute Gasteiger partial charge is 0.344 e. The van der Waals surface area contributed by atoms with Gasteiger partial charge in [0.25, 0.3) is 5.91 Å². The van der Waals surface area contributed by atoms with Crippen molar-refractivity contribution in [1.82, 2.24) is 5.32 Å². The fourth-order valence-electron chi connectivity index (χ4n) is 2.14. The molecular formula is C19H27NO6. The normalized spacial score (nSPS) is 12.7. The van der Waals surface area contributed by atoms with E-state index < -0.39 is 30.5 Å². The summed E-state index contributed by atoms with van der Waals surface area (Å²) in [5.41, 5.74) is 2.17. The molecule has 0 spiro atoms. The van der Waals surface area contributed by atoms with Gasteiger partial charge in [-0.2, -0.15) is 0 Å². The summed E-state index contributed by atoms with van der Waals surface area (Å²) in [5.74, 6) is -1.32. The van der Waals surface area contributed by atoms with Crippen molar-refractivity contribution in [3.63, 3.8) is 0 Å². The molecule has 26 heavy (non-hydrogen) atoms. The number of aryl methyl sites for hydroxylation is 2. The average molecular weight is 365 g/mol. The molecule has 1 aromatic rings. The molecule has 0 aromatic heterocycles. The Morgan fingerprint density at radius 1 is 1.12 bits per heavy atom. The molecule has 0 saturated heterocycles. The van der Waals surface area contributed by atoms with Gasteiger partial charge in [-0.25, -0.2) is 9.59 Å². The molecule has 0 aliphatic rings. The van der Waals surface area contributed by atoms with Crippen LogP contribution in [0.3, 0.4) is 0 Å². The lowest BCUT2D eigenvalue weighted by atomic mass is 9.99. The highest BCUT2D eigenvalue weighted by molar-refractivity contribution is 5.86. The Morgan fingerprint density at radius 3 is 2.38 bits per heavy atom. The summed E-state index contributed by atoms with van der Waals surface area (Å²) in [4.78, 5) is 35.4. The number of esters is 2. The molecule has 1 aromatic carbocycles. The standard InChI is InChI=1S/C19H27NO6/c1-6-12(2)18(19(23)24-5)20-16(21)10-26-17(22)11-25-15-8-7-13(3)14(4)9-15/h7-9,12,18H,6,10-11H2,1-5H3,(H,20,21)/t12-,18-/m0/s1. The van der Waals surface area contributed by atoms with Gasteiger partial charge in [0, 0.05) is 0 Å². The minimum atomic E-state index is -0.775. The summed E-state index contributed by atoms with van der Waals surface area (Å²) in [5, 5.41) is 2.53. The molecule has 0 saturated carbocycles. The van der Waals surface area contributed by atoms with Gasteiger partial charge in [-0.1, -0.05) is 26.3 Å². The van der Waals surface area contributed by atoms with Crippen LogP contribution in [0.1, 0.15) is 31.4 Å². The minimum absolute atomic E-state index is 0.102. The van der Waals surface area contributed by atoms with Crippen LogP contribution >= 0.6 is 0 Å². The van der Waals surface area contributed by atoms with Crippen LogP contribution in [0.2, 0.25) is 0 Å². The number of carbonyl (C=O) groups is 3. The summed E-state index contributed by atoms with van der Waals surface area (Å²) >= 11 is 0. The van der Waals surface area contributed by atoms with Gasteiger partial charge in [-0.05, 0) is 43.0 Å². The second-order valence-corrected chi connectivity index (χ2v) is 6.15. The zero-order valence-electron chi connectivity index (χ0n) is 16.0. The fourth-order valence-corrected chi connectivity index (χ4v) is 2.14. The average Bonchev–Trinajstić information content (AvgIpc) is 2.64. The van der Waals surface area contributed by atoms with E-state index in [9.17, 15) is 14.4 Å². The molecule has 0 bridgehead atoms. The van der Waals surface area contributed by atoms with Crippen molar-refractivity contribution < 1.29 is 28.6 Å². The monoisotopic (exact) mass is 365 g/mol. The van der Waals surface area contributed by atoms with E-state index >= 15 is 0 Å². The fraction of sp³-hybridized carbons (Fsp3) is 0.526. The quantitative estimate of drug-likeness (QED) is 0.673. The molecule has 7 heteroatoms. The van der Waals surface area contributed by atoms with Gasteiger partial charge in [0.15, 0.2) is 13.2 Å². The second kappa shape index (κ2) is 10.4. The van der Waals surface area contributed by atoms with E-state index in [1.807, 2.05) is 39.8 Å². The number of carbonyl (C=O) groups excluding carboxylic acids is 3. The Bertz CT molecular complexity index is 643. The first-order valence-corrected chi connectivity index (χ1v) is 8.51. The van der Waals surface area contributed by atoms with E-state index in [-0.39, 0.29) is 12.5 Å². The number of rotatable bonds is 9. The third kappa shape index (κ3) is 6.74. The first-order valence-electron chi connectivity index (χ1n) is 8.51. The minimum Gasteiger partial charge on any atom is -0.482 e. The number of nitrogens with one attached hydrogen (secondary N) is 1. The van der Waals surface area contributed by atoms with Crippen LogP contribution < -0.4 is 10.1 Å². The number of ether oxygens (including phenoxy) is 3. The van der Waals surface area contributed by atoms with Crippen LogP contribution in [0, 0.1) is 19.8 Å². The third-order valence-corrected chi connectivity index (χ3v) is 4.18. The number of hydrogen-bond acceptors (Lipinski definition) is 6. The third-order valence-electron chi connectivity index (χ3n) is 4.18. The molecule has 1 N–H and O–H groups in total. The number of methoxy groups -OCH3 is 1. The Kier molecular flexibility index (Phi) is 8.61. The molecule has 0 radical (unpaired) electrons. The van der Waals surface area contributed by atoms with Gasteiger partial charge in [0.05, 0.1) is 7.11 Å². The largest absolute Gasteiger partial charge is 0.482 e. The van der Waals surface area contributed by atoms with Crippen molar-refractivity contribution in [3.05, 3.63) is 29.3 Å². The highest BCUT2D eigenvalue weighted by Gasteiger charge is 2.26. The molecular weight excluding hydrogens is 338 g/mol. The van der Waals surface area contributed by atoms with Crippen molar-refractivity contribution in [2.75, 3.05) is 20.3 Å². The lowest BCUT2D eigenvalue weighted by Gasteiger charge is -2.21. The Morgan fingerprint density at radius 2 is 1.81 bits per heavy atom. The van der Waals surface area contributed by atoms with Crippen LogP contribution in [0.15, 0.2) is 18.2 Å². The van der Waals surface area contributed by atoms with Crippen LogP contribution in [0.25, 0.3) is 0 Å². The number of amides is 1. The first-order chi connectivity index (χ1) is 12.3. The van der Waals surface area contributed by atoms with Crippen LogP contribution in [0.4, 0.5) is 0 Å². The maximum atomic E-state index is 11.9. The van der Waals surface area contributed by atoms with Gasteiger partial charge >= 0.3 is 11.9 Å². The number of benzene rings is 1. The predicted molar refractivity (Wildman–Crippen MR) is 95.8 cm³/mol. The van der Waals surface area contributed by atoms with E-state index in [0.29, 0.717) is 12.2 Å². The summed E-state index contributed by atoms with van der Waals surface area (Å²) in [7, 11) is 1.26. The number of hydrogen-bond donors (Lipinski definition) is 1. The van der Waals surface area contributed by atoms with Crippen LogP contribution in [-0.2, 0) is 23.9 Å². The zero-order valence-corrected chi connectivity index (χ0v) is 16.0. The molecule has 0 fully saturated rings. The van der Waals surface area contributed by atoms with Crippen molar-refractivity contribution in [1.29, 1.82) is 0 Å². The Labute approximate surface area is 154 Å². The molecule has 2 atom stereocenters. The SMILES string of the molecule is CC[C@H](C)[C@H](NC(=O)COC(=O)COc1ccc(C)c(C)c1)C(=O)OC. The lowest BCUT2D eigenvalue weighted by molar-refractivity contribution is -0.152. The predicted octanol–water partition coefficient (Wildman–Crippen LogP) is 1.93. The van der Waals surface area contributed by atoms with E-state index in [1.165, 1.54) is 7.11 Å². The van der Waals surface area contributed by atoms with Crippen molar-refractivity contribution >= 4 is 17.8 Å². The summed E-state index contributed by atoms with van der Waals surface area (Å²) in [6.45, 7) is 6.86. The van der Waals surface area contributed by atoms with E-state index in [0.717, 1.165) is 11.1 Å². The summed E-state index contributed by atoms with van der Waals surface area (Å²) in [6.07, 6.45) is 0.684. The van der Waals surface area contributed by atoms with Gasteiger partial charge in [0.2, 0.25) is 0 Å². The molecule has 0 unspecified atom stereocenters. The highest BCUT2D eigenvalue weighted by atomic mass is 16.6. The van der Waals surface area contributed by atoms with Crippen LogP contribution in [-0.4, -0.2) is 44.2 Å². The van der Waals surface area contributed by atoms with E-state index in [2.05, 4.69) is 10.1 Å². The van der Waals surface area contributed by atoms with E-state index in [1.54, 1.807) is 6.07 Å². The van der Waals surface area contributed by atoms with Gasteiger partial charge in [-0.3, -0.25) is 4.79 Å². The molecule has 1 amide bonds. The van der Waals surface area contributed by atoms with Gasteiger partial charge in [-0.15, -0.1) is 0 Å². The molecule has 1 rings (SSSR count). The van der Waals surface area contributed by atoms with Gasteiger partial charge < -0.3 is 19.5 Å². The molecule has 0 aliphatic carbocycles. The van der Waals surface area contributed by atoms with E-state index in [4.69, 9.17) is 9.47 Å². The van der Waals surface area contributed by atoms with Gasteiger partial charge in [0.1, 0.15) is 11.8 Å². The zero-order chi connectivity index (χ0) is 19.7.